The summed E-state index contributed by atoms with van der Waals surface area (Å²) in [7, 11) is 0. The largest absolute Gasteiger partial charge is 0.468 e. The smallest absolute Gasteiger partial charge is 0.435 e. The molecule has 11 heteroatoms. The lowest BCUT2D eigenvalue weighted by molar-refractivity contribution is -0.143. The second-order valence-corrected chi connectivity index (χ2v) is 6.82. The minimum Gasteiger partial charge on any atom is -0.468 e. The quantitative estimate of drug-likeness (QED) is 0.604. The zero-order valence-corrected chi connectivity index (χ0v) is 15.6. The fourth-order valence-electron chi connectivity index (χ4n) is 3.33. The van der Waals surface area contributed by atoms with Gasteiger partial charge in [-0.25, -0.2) is 9.07 Å². The molecule has 0 spiro atoms. The van der Waals surface area contributed by atoms with Crippen LogP contribution in [0.5, 0.6) is 0 Å². The van der Waals surface area contributed by atoms with Gasteiger partial charge in [0, 0.05) is 26.2 Å². The van der Waals surface area contributed by atoms with Crippen LogP contribution in [0.15, 0.2) is 47.1 Å². The zero-order chi connectivity index (χ0) is 21.3. The van der Waals surface area contributed by atoms with E-state index in [-0.39, 0.29) is 18.8 Å². The number of halogens is 4. The van der Waals surface area contributed by atoms with E-state index in [9.17, 15) is 22.4 Å². The number of aromatic nitrogens is 3. The number of furan rings is 1. The predicted molar refractivity (Wildman–Crippen MR) is 96.2 cm³/mol. The Kier molecular flexibility index (Phi) is 5.29. The number of piperazine rings is 1. The standard InChI is InChI=1S/C19H17F4N5O2/c20-13-3-5-14(6-4-13)28-17(19(21,22)23)16(24-25-28)18(29)27-9-7-26(8-10-27)12-15-2-1-11-30-15/h1-6,11H,7-10,12H2. The summed E-state index contributed by atoms with van der Waals surface area (Å²) in [5.41, 5.74) is -2.10. The maximum atomic E-state index is 13.7. The van der Waals surface area contributed by atoms with Crippen LogP contribution in [0.2, 0.25) is 0 Å². The number of hydrogen-bond acceptors (Lipinski definition) is 5. The predicted octanol–water partition coefficient (Wildman–Crippen LogP) is 2.98. The molecule has 0 atom stereocenters. The molecule has 0 bridgehead atoms. The molecule has 1 fully saturated rings. The number of carbonyl (C=O) groups excluding carboxylic acids is 1. The Morgan fingerprint density at radius 2 is 1.77 bits per heavy atom. The summed E-state index contributed by atoms with van der Waals surface area (Å²) >= 11 is 0. The molecule has 3 heterocycles. The summed E-state index contributed by atoms with van der Waals surface area (Å²) in [6, 6.07) is 7.91. The third kappa shape index (κ3) is 4.06. The molecule has 2 aromatic heterocycles. The lowest BCUT2D eigenvalue weighted by Crippen LogP contribution is -2.48. The molecular weight excluding hydrogens is 406 g/mol. The molecule has 1 saturated heterocycles. The highest BCUT2D eigenvalue weighted by Crippen LogP contribution is 2.33. The summed E-state index contributed by atoms with van der Waals surface area (Å²) in [6.07, 6.45) is -3.30. The SMILES string of the molecule is O=C(c1nnn(-c2ccc(F)cc2)c1C(F)(F)F)N1CCN(Cc2ccco2)CC1. The second kappa shape index (κ2) is 7.90. The first-order valence-corrected chi connectivity index (χ1v) is 9.16. The minimum absolute atomic E-state index is 0.0430. The average molecular weight is 423 g/mol. The molecule has 4 rings (SSSR count). The second-order valence-electron chi connectivity index (χ2n) is 6.82. The summed E-state index contributed by atoms with van der Waals surface area (Å²) in [4.78, 5) is 16.2. The first-order chi connectivity index (χ1) is 14.3. The third-order valence-corrected chi connectivity index (χ3v) is 4.83. The lowest BCUT2D eigenvalue weighted by Gasteiger charge is -2.34. The molecular formula is C19H17F4N5O2. The van der Waals surface area contributed by atoms with Gasteiger partial charge in [-0.1, -0.05) is 5.21 Å². The van der Waals surface area contributed by atoms with Crippen LogP contribution in [-0.2, 0) is 12.7 Å². The van der Waals surface area contributed by atoms with Gasteiger partial charge in [0.2, 0.25) is 0 Å². The van der Waals surface area contributed by atoms with E-state index in [0.717, 1.165) is 30.0 Å². The molecule has 0 unspecified atom stereocenters. The van der Waals surface area contributed by atoms with Gasteiger partial charge in [0.05, 0.1) is 18.5 Å². The fraction of sp³-hybridized carbons (Fsp3) is 0.316. The summed E-state index contributed by atoms with van der Waals surface area (Å²) in [5, 5.41) is 7.03. The maximum Gasteiger partial charge on any atom is 0.435 e. The highest BCUT2D eigenvalue weighted by Gasteiger charge is 2.43. The van der Waals surface area contributed by atoms with Gasteiger partial charge in [0.25, 0.3) is 5.91 Å². The van der Waals surface area contributed by atoms with E-state index in [2.05, 4.69) is 10.3 Å². The Labute approximate surface area is 168 Å². The van der Waals surface area contributed by atoms with Crippen LogP contribution in [0.3, 0.4) is 0 Å². The Hall–Kier alpha value is -3.21. The van der Waals surface area contributed by atoms with Gasteiger partial charge in [-0.2, -0.15) is 13.2 Å². The van der Waals surface area contributed by atoms with Crippen molar-refractivity contribution in [2.75, 3.05) is 26.2 Å². The van der Waals surface area contributed by atoms with Crippen LogP contribution in [0.1, 0.15) is 21.9 Å². The maximum absolute atomic E-state index is 13.7. The van der Waals surface area contributed by atoms with Gasteiger partial charge < -0.3 is 9.32 Å². The number of alkyl halides is 3. The van der Waals surface area contributed by atoms with E-state index in [1.54, 1.807) is 12.3 Å². The first kappa shape index (κ1) is 20.1. The van der Waals surface area contributed by atoms with E-state index in [1.807, 2.05) is 11.0 Å². The van der Waals surface area contributed by atoms with Crippen molar-refractivity contribution in [1.82, 2.24) is 24.8 Å². The van der Waals surface area contributed by atoms with E-state index in [4.69, 9.17) is 4.42 Å². The number of carbonyl (C=O) groups is 1. The van der Waals surface area contributed by atoms with Gasteiger partial charge in [0.1, 0.15) is 11.6 Å². The Morgan fingerprint density at radius 1 is 1.07 bits per heavy atom. The van der Waals surface area contributed by atoms with Crippen LogP contribution in [0.4, 0.5) is 17.6 Å². The van der Waals surface area contributed by atoms with Crippen molar-refractivity contribution in [3.05, 3.63) is 65.6 Å². The summed E-state index contributed by atoms with van der Waals surface area (Å²) in [5.74, 6) is -0.666. The molecule has 158 valence electrons. The molecule has 7 nitrogen and oxygen atoms in total. The average Bonchev–Trinajstić information content (AvgIpc) is 3.38. The van der Waals surface area contributed by atoms with Crippen molar-refractivity contribution >= 4 is 5.91 Å². The highest BCUT2D eigenvalue weighted by molar-refractivity contribution is 5.93. The molecule has 0 aliphatic carbocycles. The molecule has 1 aliphatic rings. The molecule has 0 N–H and O–H groups in total. The monoisotopic (exact) mass is 423 g/mol. The highest BCUT2D eigenvalue weighted by atomic mass is 19.4. The molecule has 0 radical (unpaired) electrons. The van der Waals surface area contributed by atoms with Crippen molar-refractivity contribution in [1.29, 1.82) is 0 Å². The molecule has 1 aliphatic heterocycles. The molecule has 3 aromatic rings. The van der Waals surface area contributed by atoms with Crippen molar-refractivity contribution in [3.8, 4) is 5.69 Å². The normalized spacial score (nSPS) is 15.5. The van der Waals surface area contributed by atoms with Crippen molar-refractivity contribution in [3.63, 3.8) is 0 Å². The number of nitrogens with zero attached hydrogens (tertiary/aromatic N) is 5. The third-order valence-electron chi connectivity index (χ3n) is 4.83. The van der Waals surface area contributed by atoms with E-state index in [0.29, 0.717) is 24.3 Å². The van der Waals surface area contributed by atoms with Crippen LogP contribution in [0, 0.1) is 5.82 Å². The fourth-order valence-corrected chi connectivity index (χ4v) is 3.33. The van der Waals surface area contributed by atoms with Crippen LogP contribution in [0.25, 0.3) is 5.69 Å². The number of amides is 1. The Balaban J connectivity index is 1.53. The zero-order valence-electron chi connectivity index (χ0n) is 15.6. The minimum atomic E-state index is -4.87. The first-order valence-electron chi connectivity index (χ1n) is 9.16. The van der Waals surface area contributed by atoms with Gasteiger partial charge in [-0.05, 0) is 36.4 Å². The van der Waals surface area contributed by atoms with Gasteiger partial charge in [-0.15, -0.1) is 5.10 Å². The summed E-state index contributed by atoms with van der Waals surface area (Å²) < 4.78 is 60.2. The van der Waals surface area contributed by atoms with Crippen LogP contribution >= 0.6 is 0 Å². The molecule has 30 heavy (non-hydrogen) atoms. The molecule has 0 saturated carbocycles. The summed E-state index contributed by atoms with van der Waals surface area (Å²) in [6.45, 7) is 2.03. The van der Waals surface area contributed by atoms with Crippen molar-refractivity contribution in [2.24, 2.45) is 0 Å². The number of hydrogen-bond donors (Lipinski definition) is 0. The van der Waals surface area contributed by atoms with Crippen molar-refractivity contribution in [2.45, 2.75) is 12.7 Å². The van der Waals surface area contributed by atoms with Gasteiger partial charge in [0.15, 0.2) is 11.4 Å². The van der Waals surface area contributed by atoms with Crippen LogP contribution in [-0.4, -0.2) is 56.9 Å². The van der Waals surface area contributed by atoms with E-state index >= 15 is 0 Å². The van der Waals surface area contributed by atoms with Gasteiger partial charge >= 0.3 is 6.18 Å². The Morgan fingerprint density at radius 3 is 2.37 bits per heavy atom. The van der Waals surface area contributed by atoms with E-state index < -0.39 is 29.3 Å². The van der Waals surface area contributed by atoms with Crippen LogP contribution < -0.4 is 0 Å². The lowest BCUT2D eigenvalue weighted by atomic mass is 10.2. The molecule has 1 amide bonds. The Bertz CT molecular complexity index is 1010. The number of rotatable bonds is 4. The van der Waals surface area contributed by atoms with Gasteiger partial charge in [-0.3, -0.25) is 9.69 Å². The molecule has 1 aromatic carbocycles. The topological polar surface area (TPSA) is 67.4 Å². The van der Waals surface area contributed by atoms with Crippen molar-refractivity contribution < 1.29 is 26.8 Å². The number of benzene rings is 1. The van der Waals surface area contributed by atoms with E-state index in [1.165, 1.54) is 4.90 Å².